The maximum absolute atomic E-state index is 13.0. The Labute approximate surface area is 178 Å². The Morgan fingerprint density at radius 3 is 2.62 bits per heavy atom. The number of hydrogen-bond acceptors (Lipinski definition) is 2. The van der Waals surface area contributed by atoms with Crippen molar-refractivity contribution >= 4 is 22.7 Å². The number of hydrogen-bond donors (Lipinski definition) is 0. The molecule has 0 spiro atoms. The Kier molecular flexibility index (Phi) is 4.00. The Morgan fingerprint density at radius 2 is 1.79 bits per heavy atom. The van der Waals surface area contributed by atoms with Crippen molar-refractivity contribution in [3.8, 4) is 0 Å². The molecule has 0 radical (unpaired) electrons. The molecule has 0 amide bonds. The van der Waals surface area contributed by atoms with Gasteiger partial charge in [-0.1, -0.05) is 36.4 Å². The van der Waals surface area contributed by atoms with E-state index in [1.807, 2.05) is 22.7 Å². The average molecular weight is 418 g/mol. The van der Waals surface area contributed by atoms with Crippen LogP contribution in [0.5, 0.6) is 0 Å². The van der Waals surface area contributed by atoms with Gasteiger partial charge in [0.05, 0.1) is 18.0 Å². The summed E-state index contributed by atoms with van der Waals surface area (Å²) in [6.45, 7) is -0.292. The SMILES string of the molecule is [18F]CCc1ccc([C@@]2(c3cccs3)C[C@H]3c4ccccc4[C@@H]2c2cccc[n+]23)s1. The molecule has 0 N–H and O–H groups in total. The van der Waals surface area contributed by atoms with Crippen LogP contribution in [-0.4, -0.2) is 6.67 Å². The van der Waals surface area contributed by atoms with E-state index in [4.69, 9.17) is 0 Å². The van der Waals surface area contributed by atoms with Gasteiger partial charge < -0.3 is 0 Å². The number of nitrogens with zero attached hydrogens (tertiary/aromatic N) is 1. The lowest BCUT2D eigenvalue weighted by Crippen LogP contribution is -2.59. The van der Waals surface area contributed by atoms with Crippen molar-refractivity contribution in [2.75, 3.05) is 6.67 Å². The van der Waals surface area contributed by atoms with E-state index in [2.05, 4.69) is 82.9 Å². The molecule has 1 nitrogen and oxygen atoms in total. The van der Waals surface area contributed by atoms with E-state index < -0.39 is 0 Å². The molecule has 4 heteroatoms. The summed E-state index contributed by atoms with van der Waals surface area (Å²) in [5.41, 5.74) is 4.20. The van der Waals surface area contributed by atoms with Gasteiger partial charge in [0, 0.05) is 45.2 Å². The molecule has 3 aliphatic rings. The maximum Gasteiger partial charge on any atom is 0.190 e. The monoisotopic (exact) mass is 417 g/mol. The molecule has 0 saturated heterocycles. The standard InChI is InChI=1S/C25H21FNS2/c26-13-12-17-10-11-23(29-17)25(22-9-5-15-28-22)16-21-18-6-1-2-7-19(18)24(25)20-8-3-4-14-27(20)21/h1-11,14-15,21,24H,12-13,16H2/q+1/t21-,24+,25-/m0/s1/i26-1. The number of pyridine rings is 1. The lowest BCUT2D eigenvalue weighted by atomic mass is 9.57. The number of halogens is 1. The summed E-state index contributed by atoms with van der Waals surface area (Å²) in [7, 11) is 0. The topological polar surface area (TPSA) is 3.88 Å². The van der Waals surface area contributed by atoms with Gasteiger partial charge in [0.15, 0.2) is 17.9 Å². The molecule has 3 aromatic heterocycles. The first-order valence-corrected chi connectivity index (χ1v) is 11.8. The third-order valence-corrected chi connectivity index (χ3v) is 9.00. The Morgan fingerprint density at radius 1 is 0.931 bits per heavy atom. The number of thiophene rings is 2. The summed E-state index contributed by atoms with van der Waals surface area (Å²) in [6.07, 6.45) is 3.80. The average Bonchev–Trinajstić information content (AvgIpc) is 3.47. The predicted molar refractivity (Wildman–Crippen MR) is 117 cm³/mol. The van der Waals surface area contributed by atoms with E-state index in [9.17, 15) is 4.39 Å². The van der Waals surface area contributed by atoms with Crippen LogP contribution in [0.1, 0.15) is 49.8 Å². The van der Waals surface area contributed by atoms with Crippen molar-refractivity contribution in [3.63, 3.8) is 0 Å². The van der Waals surface area contributed by atoms with Gasteiger partial charge in [0.2, 0.25) is 0 Å². The van der Waals surface area contributed by atoms with Crippen molar-refractivity contribution in [2.45, 2.75) is 30.2 Å². The minimum absolute atomic E-state index is 0.0895. The van der Waals surface area contributed by atoms with Gasteiger partial charge in [0.25, 0.3) is 0 Å². The fraction of sp³-hybridized carbons (Fsp3) is 0.240. The van der Waals surface area contributed by atoms with Crippen LogP contribution in [-0.2, 0) is 11.8 Å². The molecule has 0 fully saturated rings. The summed E-state index contributed by atoms with van der Waals surface area (Å²) in [4.78, 5) is 3.95. The summed E-state index contributed by atoms with van der Waals surface area (Å²) in [5.74, 6) is 0.264. The van der Waals surface area contributed by atoms with Gasteiger partial charge in [-0.05, 0) is 29.1 Å². The quantitative estimate of drug-likeness (QED) is 0.357. The molecular formula is C25H21FNS2+. The minimum Gasteiger partial charge on any atom is -0.251 e. The number of rotatable bonds is 4. The van der Waals surface area contributed by atoms with Crippen molar-refractivity contribution < 1.29 is 8.96 Å². The number of alkyl halides is 1. The Hall–Kier alpha value is -2.30. The van der Waals surface area contributed by atoms with Gasteiger partial charge in [-0.3, -0.25) is 4.39 Å². The maximum atomic E-state index is 13.0. The normalized spacial score (nSPS) is 24.3. The molecule has 2 bridgehead atoms. The Balaban J connectivity index is 1.66. The summed E-state index contributed by atoms with van der Waals surface area (Å²) in [5, 5.41) is 2.19. The van der Waals surface area contributed by atoms with E-state index in [0.717, 1.165) is 11.3 Å². The highest BCUT2D eigenvalue weighted by Gasteiger charge is 2.60. The van der Waals surface area contributed by atoms with Crippen molar-refractivity contribution in [2.24, 2.45) is 0 Å². The predicted octanol–water partition coefficient (Wildman–Crippen LogP) is 6.03. The van der Waals surface area contributed by atoms with E-state index in [1.54, 1.807) is 0 Å². The fourth-order valence-electron chi connectivity index (χ4n) is 5.52. The molecule has 29 heavy (non-hydrogen) atoms. The van der Waals surface area contributed by atoms with Crippen LogP contribution in [0.2, 0.25) is 0 Å². The van der Waals surface area contributed by atoms with Crippen LogP contribution in [0.25, 0.3) is 0 Å². The zero-order valence-corrected chi connectivity index (χ0v) is 17.6. The van der Waals surface area contributed by atoms with Crippen LogP contribution >= 0.6 is 22.7 Å². The molecule has 4 aromatic rings. The second-order valence-electron chi connectivity index (χ2n) is 7.97. The van der Waals surface area contributed by atoms with Gasteiger partial charge >= 0.3 is 0 Å². The lowest BCUT2D eigenvalue weighted by Gasteiger charge is -2.48. The lowest BCUT2D eigenvalue weighted by molar-refractivity contribution is -0.732. The largest absolute Gasteiger partial charge is 0.251 e. The second kappa shape index (κ2) is 6.61. The zero-order chi connectivity index (χ0) is 19.4. The molecule has 7 rings (SSSR count). The smallest absolute Gasteiger partial charge is 0.190 e. The molecule has 3 atom stereocenters. The summed E-state index contributed by atoms with van der Waals surface area (Å²) < 4.78 is 15.5. The third-order valence-electron chi connectivity index (χ3n) is 6.63. The van der Waals surface area contributed by atoms with Crippen LogP contribution in [0, 0.1) is 0 Å². The molecule has 0 saturated carbocycles. The fourth-order valence-corrected chi connectivity index (χ4v) is 7.79. The van der Waals surface area contributed by atoms with Gasteiger partial charge in [-0.2, -0.15) is 4.57 Å². The molecule has 144 valence electrons. The Bertz CT molecular complexity index is 1130. The van der Waals surface area contributed by atoms with Crippen molar-refractivity contribution in [3.05, 3.63) is 110 Å². The number of aromatic nitrogens is 1. The second-order valence-corrected chi connectivity index (χ2v) is 10.1. The molecule has 1 aliphatic carbocycles. The van der Waals surface area contributed by atoms with Crippen LogP contribution in [0.3, 0.4) is 0 Å². The van der Waals surface area contributed by atoms with Gasteiger partial charge in [-0.15, -0.1) is 22.7 Å². The molecular weight excluding hydrogens is 396 g/mol. The number of benzene rings is 1. The van der Waals surface area contributed by atoms with Crippen LogP contribution in [0.15, 0.2) is 78.3 Å². The third kappa shape index (κ3) is 2.39. The molecule has 2 aliphatic heterocycles. The highest BCUT2D eigenvalue weighted by molar-refractivity contribution is 7.13. The van der Waals surface area contributed by atoms with Gasteiger partial charge in [0.1, 0.15) is 0 Å². The number of aryl methyl sites for hydroxylation is 1. The first-order valence-electron chi connectivity index (χ1n) is 10.1. The summed E-state index contributed by atoms with van der Waals surface area (Å²) >= 11 is 3.67. The first kappa shape index (κ1) is 17.5. The van der Waals surface area contributed by atoms with Gasteiger partial charge in [-0.25, -0.2) is 0 Å². The number of fused-ring (bicyclic) bond motifs is 1. The zero-order valence-electron chi connectivity index (χ0n) is 15.9. The van der Waals surface area contributed by atoms with Crippen LogP contribution < -0.4 is 4.57 Å². The molecule has 0 unspecified atom stereocenters. The minimum atomic E-state index is -0.292. The van der Waals surface area contributed by atoms with E-state index in [1.165, 1.54) is 26.6 Å². The van der Waals surface area contributed by atoms with Crippen molar-refractivity contribution in [1.82, 2.24) is 0 Å². The van der Waals surface area contributed by atoms with E-state index in [0.29, 0.717) is 12.5 Å². The molecule has 1 aromatic carbocycles. The highest BCUT2D eigenvalue weighted by Crippen LogP contribution is 2.61. The first-order chi connectivity index (χ1) is 14.3. The molecule has 5 heterocycles. The van der Waals surface area contributed by atoms with Crippen LogP contribution in [0.4, 0.5) is 4.39 Å². The van der Waals surface area contributed by atoms with E-state index in [-0.39, 0.29) is 18.0 Å². The van der Waals surface area contributed by atoms with Crippen molar-refractivity contribution in [1.29, 1.82) is 0 Å². The van der Waals surface area contributed by atoms with E-state index >= 15 is 0 Å². The highest BCUT2D eigenvalue weighted by atomic mass is 32.1. The summed E-state index contributed by atoms with van der Waals surface area (Å²) in [6, 6.07) is 24.8.